The molecule has 0 aromatic carbocycles. The van der Waals surface area contributed by atoms with Crippen LogP contribution in [0.5, 0.6) is 0 Å². The summed E-state index contributed by atoms with van der Waals surface area (Å²) in [6.07, 6.45) is 7.14. The maximum Gasteiger partial charge on any atom is 0.254 e. The van der Waals surface area contributed by atoms with Crippen LogP contribution in [0.25, 0.3) is 11.4 Å². The van der Waals surface area contributed by atoms with E-state index >= 15 is 0 Å². The van der Waals surface area contributed by atoms with E-state index in [1.807, 2.05) is 13.0 Å². The summed E-state index contributed by atoms with van der Waals surface area (Å²) >= 11 is 0. The Morgan fingerprint density at radius 1 is 1.30 bits per heavy atom. The van der Waals surface area contributed by atoms with Gasteiger partial charge in [-0.2, -0.15) is 4.98 Å². The van der Waals surface area contributed by atoms with Crippen molar-refractivity contribution in [2.75, 3.05) is 0 Å². The molecule has 8 nitrogen and oxygen atoms in total. The summed E-state index contributed by atoms with van der Waals surface area (Å²) in [6.45, 7) is 1.83. The molecule has 3 heterocycles. The van der Waals surface area contributed by atoms with Crippen molar-refractivity contribution in [2.24, 2.45) is 5.73 Å². The number of pyridine rings is 1. The molecule has 1 aliphatic rings. The zero-order valence-corrected chi connectivity index (χ0v) is 15.8. The van der Waals surface area contributed by atoms with Gasteiger partial charge in [-0.15, -0.1) is 12.4 Å². The van der Waals surface area contributed by atoms with Gasteiger partial charge in [0.2, 0.25) is 5.89 Å². The largest absolute Gasteiger partial charge is 0.339 e. The third-order valence-electron chi connectivity index (χ3n) is 4.91. The maximum atomic E-state index is 12.5. The van der Waals surface area contributed by atoms with Crippen molar-refractivity contribution < 1.29 is 4.52 Å². The quantitative estimate of drug-likeness (QED) is 0.685. The maximum absolute atomic E-state index is 12.5. The summed E-state index contributed by atoms with van der Waals surface area (Å²) < 4.78 is 5.30. The van der Waals surface area contributed by atoms with Crippen LogP contribution >= 0.6 is 12.4 Å². The number of aromatic nitrogens is 5. The number of nitrogens with one attached hydrogen (secondary N) is 1. The van der Waals surface area contributed by atoms with Crippen LogP contribution in [0.4, 0.5) is 0 Å². The van der Waals surface area contributed by atoms with Gasteiger partial charge in [-0.05, 0) is 44.7 Å². The molecule has 3 aromatic rings. The van der Waals surface area contributed by atoms with Gasteiger partial charge in [0.05, 0.1) is 5.54 Å². The molecule has 0 aliphatic heterocycles. The molecule has 0 atom stereocenters. The zero-order chi connectivity index (χ0) is 18.1. The first-order valence-corrected chi connectivity index (χ1v) is 8.67. The highest BCUT2D eigenvalue weighted by atomic mass is 35.5. The Balaban J connectivity index is 0.00000210. The standard InChI is InChI=1S/C18H20N6O2.ClH/c1-11-13(16(25)23-15(21-11)12-4-2-9-20-10-12)5-6-14-22-17(24-26-14)18(19)7-3-8-18;/h2,4,9-10H,3,5-8,19H2,1H3,(H,21,23,25);1H. The van der Waals surface area contributed by atoms with E-state index in [-0.39, 0.29) is 18.0 Å². The predicted octanol–water partition coefficient (Wildman–Crippen LogP) is 2.07. The number of aryl methyl sites for hydroxylation is 2. The number of hydrogen-bond acceptors (Lipinski definition) is 7. The van der Waals surface area contributed by atoms with Gasteiger partial charge in [-0.1, -0.05) is 5.16 Å². The van der Waals surface area contributed by atoms with Crippen LogP contribution in [-0.4, -0.2) is 25.1 Å². The number of aromatic amines is 1. The van der Waals surface area contributed by atoms with E-state index in [0.29, 0.717) is 41.6 Å². The molecule has 1 saturated carbocycles. The van der Waals surface area contributed by atoms with Crippen molar-refractivity contribution in [3.8, 4) is 11.4 Å². The highest BCUT2D eigenvalue weighted by Crippen LogP contribution is 2.36. The third kappa shape index (κ3) is 3.77. The Bertz CT molecular complexity index is 981. The summed E-state index contributed by atoms with van der Waals surface area (Å²) in [5.41, 5.74) is 7.67. The second-order valence-electron chi connectivity index (χ2n) is 6.74. The van der Waals surface area contributed by atoms with Crippen LogP contribution in [0.2, 0.25) is 0 Å². The topological polar surface area (TPSA) is 124 Å². The van der Waals surface area contributed by atoms with Crippen LogP contribution < -0.4 is 11.3 Å². The molecule has 0 radical (unpaired) electrons. The van der Waals surface area contributed by atoms with E-state index in [1.54, 1.807) is 18.5 Å². The molecule has 0 amide bonds. The highest BCUT2D eigenvalue weighted by Gasteiger charge is 2.38. The zero-order valence-electron chi connectivity index (χ0n) is 14.9. The molecular weight excluding hydrogens is 368 g/mol. The lowest BCUT2D eigenvalue weighted by Crippen LogP contribution is -2.44. The van der Waals surface area contributed by atoms with Crippen LogP contribution in [-0.2, 0) is 18.4 Å². The number of halogens is 1. The monoisotopic (exact) mass is 388 g/mol. The third-order valence-corrected chi connectivity index (χ3v) is 4.91. The van der Waals surface area contributed by atoms with Crippen LogP contribution in [0.3, 0.4) is 0 Å². The van der Waals surface area contributed by atoms with Crippen molar-refractivity contribution in [2.45, 2.75) is 44.6 Å². The molecule has 1 fully saturated rings. The molecule has 9 heteroatoms. The Kier molecular flexibility index (Phi) is 5.38. The highest BCUT2D eigenvalue weighted by molar-refractivity contribution is 5.85. The molecule has 3 N–H and O–H groups in total. The van der Waals surface area contributed by atoms with E-state index < -0.39 is 5.54 Å². The number of rotatable bonds is 5. The number of nitrogens with two attached hydrogens (primary N) is 1. The minimum absolute atomic E-state index is 0. The van der Waals surface area contributed by atoms with Gasteiger partial charge in [-0.25, -0.2) is 4.98 Å². The SMILES string of the molecule is Cc1nc(-c2cccnc2)[nH]c(=O)c1CCc1nc(C2(N)CCC2)no1.Cl. The summed E-state index contributed by atoms with van der Waals surface area (Å²) in [4.78, 5) is 28.3. The Hall–Kier alpha value is -2.58. The molecule has 142 valence electrons. The van der Waals surface area contributed by atoms with Crippen LogP contribution in [0, 0.1) is 6.92 Å². The van der Waals surface area contributed by atoms with Gasteiger partial charge in [-0.3, -0.25) is 9.78 Å². The predicted molar refractivity (Wildman–Crippen MR) is 101 cm³/mol. The number of H-pyrrole nitrogens is 1. The average Bonchev–Trinajstić information content (AvgIpc) is 3.09. The molecule has 27 heavy (non-hydrogen) atoms. The Labute approximate surface area is 162 Å². The fourth-order valence-corrected chi connectivity index (χ4v) is 3.12. The lowest BCUT2D eigenvalue weighted by molar-refractivity contribution is 0.229. The smallest absolute Gasteiger partial charge is 0.254 e. The van der Waals surface area contributed by atoms with Crippen LogP contribution in [0.15, 0.2) is 33.8 Å². The van der Waals surface area contributed by atoms with Crippen molar-refractivity contribution in [3.63, 3.8) is 0 Å². The van der Waals surface area contributed by atoms with Crippen molar-refractivity contribution in [1.29, 1.82) is 0 Å². The van der Waals surface area contributed by atoms with Crippen molar-refractivity contribution in [3.05, 3.63) is 57.9 Å². The fraction of sp³-hybridized carbons (Fsp3) is 0.389. The molecular formula is C18H21ClN6O2. The van der Waals surface area contributed by atoms with E-state index in [1.165, 1.54) is 0 Å². The first kappa shape index (κ1) is 19.2. The van der Waals surface area contributed by atoms with Gasteiger partial charge in [0.1, 0.15) is 5.82 Å². The summed E-state index contributed by atoms with van der Waals surface area (Å²) in [5.74, 6) is 1.57. The summed E-state index contributed by atoms with van der Waals surface area (Å²) in [6, 6.07) is 3.66. The lowest BCUT2D eigenvalue weighted by Gasteiger charge is -2.34. The molecule has 0 spiro atoms. The van der Waals surface area contributed by atoms with Gasteiger partial charge in [0.15, 0.2) is 5.82 Å². The van der Waals surface area contributed by atoms with Crippen molar-refractivity contribution in [1.82, 2.24) is 25.1 Å². The van der Waals surface area contributed by atoms with E-state index in [0.717, 1.165) is 24.8 Å². The molecule has 3 aromatic heterocycles. The van der Waals surface area contributed by atoms with E-state index in [9.17, 15) is 4.79 Å². The summed E-state index contributed by atoms with van der Waals surface area (Å²) in [7, 11) is 0. The summed E-state index contributed by atoms with van der Waals surface area (Å²) in [5, 5.41) is 4.00. The van der Waals surface area contributed by atoms with E-state index in [2.05, 4.69) is 25.1 Å². The molecule has 0 unspecified atom stereocenters. The lowest BCUT2D eigenvalue weighted by atomic mass is 9.77. The average molecular weight is 389 g/mol. The number of hydrogen-bond donors (Lipinski definition) is 2. The first-order valence-electron chi connectivity index (χ1n) is 8.67. The molecule has 4 rings (SSSR count). The Morgan fingerprint density at radius 2 is 2.11 bits per heavy atom. The Morgan fingerprint density at radius 3 is 2.74 bits per heavy atom. The van der Waals surface area contributed by atoms with E-state index in [4.69, 9.17) is 10.3 Å². The normalized spacial score (nSPS) is 15.0. The number of nitrogens with zero attached hydrogens (tertiary/aromatic N) is 4. The second-order valence-corrected chi connectivity index (χ2v) is 6.74. The van der Waals surface area contributed by atoms with Gasteiger partial charge in [0, 0.05) is 35.6 Å². The second kappa shape index (κ2) is 7.58. The minimum Gasteiger partial charge on any atom is -0.339 e. The molecule has 0 bridgehead atoms. The van der Waals surface area contributed by atoms with Gasteiger partial charge >= 0.3 is 0 Å². The van der Waals surface area contributed by atoms with Crippen molar-refractivity contribution >= 4 is 12.4 Å². The van der Waals surface area contributed by atoms with Gasteiger partial charge < -0.3 is 15.2 Å². The van der Waals surface area contributed by atoms with Gasteiger partial charge in [0.25, 0.3) is 5.56 Å². The van der Waals surface area contributed by atoms with Crippen LogP contribution in [0.1, 0.15) is 42.2 Å². The molecule has 1 aliphatic carbocycles. The first-order chi connectivity index (χ1) is 12.5. The molecule has 0 saturated heterocycles. The minimum atomic E-state index is -0.442. The fourth-order valence-electron chi connectivity index (χ4n) is 3.12.